The first-order chi connectivity index (χ1) is 29.5. The fourth-order valence-corrected chi connectivity index (χ4v) is 8.79. The molecule has 0 bridgehead atoms. The summed E-state index contributed by atoms with van der Waals surface area (Å²) in [7, 11) is 0. The summed E-state index contributed by atoms with van der Waals surface area (Å²) in [5.41, 5.74) is 0. The van der Waals surface area contributed by atoms with E-state index in [1.54, 1.807) is 0 Å². The maximum Gasteiger partial charge on any atom is 0.306 e. The first kappa shape index (κ1) is 58.9. The van der Waals surface area contributed by atoms with E-state index in [9.17, 15) is 19.8 Å². The van der Waals surface area contributed by atoms with E-state index in [0.29, 0.717) is 19.3 Å². The summed E-state index contributed by atoms with van der Waals surface area (Å²) in [4.78, 5) is 26.1. The van der Waals surface area contributed by atoms with Crippen LogP contribution in [0, 0.1) is 0 Å². The van der Waals surface area contributed by atoms with Gasteiger partial charge in [0.15, 0.2) is 0 Å². The Labute approximate surface area is 375 Å². The number of aliphatic hydroxyl groups is 2. The van der Waals surface area contributed by atoms with E-state index in [2.05, 4.69) is 26.1 Å². The lowest BCUT2D eigenvalue weighted by Crippen LogP contribution is -2.46. The second-order valence-corrected chi connectivity index (χ2v) is 19.0. The number of nitrogens with one attached hydrogen (secondary N) is 1. The van der Waals surface area contributed by atoms with Gasteiger partial charge in [0.05, 0.1) is 25.2 Å². The molecule has 3 unspecified atom stereocenters. The van der Waals surface area contributed by atoms with E-state index in [4.69, 9.17) is 4.74 Å². The van der Waals surface area contributed by atoms with Crippen molar-refractivity contribution >= 4 is 11.9 Å². The number of hydrogen-bond donors (Lipinski definition) is 3. The molecule has 3 N–H and O–H groups in total. The van der Waals surface area contributed by atoms with Crippen LogP contribution in [-0.4, -0.2) is 46.9 Å². The summed E-state index contributed by atoms with van der Waals surface area (Å²) in [6.07, 6.45) is 53.2. The molecule has 0 aliphatic carbocycles. The summed E-state index contributed by atoms with van der Waals surface area (Å²) in [6, 6.07) is -0.691. The maximum absolute atomic E-state index is 13.2. The fourth-order valence-electron chi connectivity index (χ4n) is 8.79. The average Bonchev–Trinajstić information content (AvgIpc) is 3.24. The van der Waals surface area contributed by atoms with Crippen LogP contribution in [0.3, 0.4) is 0 Å². The lowest BCUT2D eigenvalue weighted by Gasteiger charge is -2.24. The molecular weight excluding hydrogens is 743 g/mol. The maximum atomic E-state index is 13.2. The molecule has 0 rings (SSSR count). The summed E-state index contributed by atoms with van der Waals surface area (Å²) in [5.74, 6) is -0.453. The smallest absolute Gasteiger partial charge is 0.306 e. The van der Waals surface area contributed by atoms with Crippen LogP contribution in [0.5, 0.6) is 0 Å². The third-order valence-electron chi connectivity index (χ3n) is 12.9. The summed E-state index contributed by atoms with van der Waals surface area (Å²) in [6.45, 7) is 6.50. The molecule has 0 saturated carbocycles. The van der Waals surface area contributed by atoms with Gasteiger partial charge in [-0.1, -0.05) is 271 Å². The standard InChI is InChI=1S/C54H107NO5/c1-4-7-10-13-16-19-21-23-25-27-29-31-33-35-38-41-44-47-54(59)60-50(45-42-39-36-18-15-12-9-6-3)48-53(58)55-51(49-56)52(57)46-43-40-37-34-32-30-28-26-24-22-20-17-14-11-8-5-2/h50-52,56-57H,4-49H2,1-3H3,(H,55,58). The number of rotatable bonds is 50. The minimum absolute atomic E-state index is 0.0869. The molecule has 3 atom stereocenters. The highest BCUT2D eigenvalue weighted by Gasteiger charge is 2.24. The first-order valence-corrected chi connectivity index (χ1v) is 27.3. The quantitative estimate of drug-likeness (QED) is 0.0419. The minimum Gasteiger partial charge on any atom is -0.462 e. The largest absolute Gasteiger partial charge is 0.462 e. The van der Waals surface area contributed by atoms with Crippen LogP contribution in [0.25, 0.3) is 0 Å². The van der Waals surface area contributed by atoms with Crippen LogP contribution in [0.4, 0.5) is 0 Å². The molecule has 0 fully saturated rings. The van der Waals surface area contributed by atoms with Gasteiger partial charge in [0.2, 0.25) is 5.91 Å². The zero-order valence-electron chi connectivity index (χ0n) is 40.9. The SMILES string of the molecule is CCCCCCCCCCCCCCCCCCCC(=O)OC(CCCCCCCCCC)CC(=O)NC(CO)C(O)CCCCCCCCCCCCCCCCCC. The number of hydrogen-bond acceptors (Lipinski definition) is 5. The van der Waals surface area contributed by atoms with E-state index >= 15 is 0 Å². The molecule has 0 aliphatic heterocycles. The van der Waals surface area contributed by atoms with Gasteiger partial charge in [-0.3, -0.25) is 9.59 Å². The van der Waals surface area contributed by atoms with Crippen LogP contribution < -0.4 is 5.32 Å². The molecule has 0 aromatic carbocycles. The average molecular weight is 850 g/mol. The molecule has 0 aromatic heterocycles. The van der Waals surface area contributed by atoms with Gasteiger partial charge in [-0.2, -0.15) is 0 Å². The van der Waals surface area contributed by atoms with E-state index in [1.807, 2.05) is 0 Å². The van der Waals surface area contributed by atoms with Gasteiger partial charge in [-0.25, -0.2) is 0 Å². The van der Waals surface area contributed by atoms with Crippen LogP contribution >= 0.6 is 0 Å². The van der Waals surface area contributed by atoms with Crippen LogP contribution in [0.1, 0.15) is 310 Å². The normalized spacial score (nSPS) is 13.1. The fraction of sp³-hybridized carbons (Fsp3) is 0.963. The summed E-state index contributed by atoms with van der Waals surface area (Å²) in [5, 5.41) is 23.8. The third kappa shape index (κ3) is 43.5. The Morgan fingerprint density at radius 2 is 0.700 bits per heavy atom. The van der Waals surface area contributed by atoms with Crippen molar-refractivity contribution in [3.05, 3.63) is 0 Å². The topological polar surface area (TPSA) is 95.9 Å². The highest BCUT2D eigenvalue weighted by atomic mass is 16.5. The zero-order valence-corrected chi connectivity index (χ0v) is 40.9. The van der Waals surface area contributed by atoms with Crippen molar-refractivity contribution in [1.82, 2.24) is 5.32 Å². The minimum atomic E-state index is -0.779. The van der Waals surface area contributed by atoms with Crippen molar-refractivity contribution in [2.45, 2.75) is 328 Å². The number of aliphatic hydroxyl groups excluding tert-OH is 2. The van der Waals surface area contributed by atoms with Crippen molar-refractivity contribution in [3.8, 4) is 0 Å². The summed E-state index contributed by atoms with van der Waals surface area (Å²) < 4.78 is 5.92. The molecular formula is C54H107NO5. The number of amides is 1. The molecule has 6 nitrogen and oxygen atoms in total. The van der Waals surface area contributed by atoms with Gasteiger partial charge in [0, 0.05) is 6.42 Å². The summed E-state index contributed by atoms with van der Waals surface area (Å²) >= 11 is 0. The zero-order chi connectivity index (χ0) is 43.8. The molecule has 0 spiro atoms. The second-order valence-electron chi connectivity index (χ2n) is 19.0. The number of ether oxygens (including phenoxy) is 1. The molecule has 358 valence electrons. The number of carbonyl (C=O) groups is 2. The number of esters is 1. The molecule has 1 amide bonds. The van der Waals surface area contributed by atoms with Crippen molar-refractivity contribution in [3.63, 3.8) is 0 Å². The monoisotopic (exact) mass is 850 g/mol. The van der Waals surface area contributed by atoms with Crippen molar-refractivity contribution < 1.29 is 24.5 Å². The Morgan fingerprint density at radius 1 is 0.417 bits per heavy atom. The Morgan fingerprint density at radius 3 is 1.02 bits per heavy atom. The van der Waals surface area contributed by atoms with Crippen molar-refractivity contribution in [2.24, 2.45) is 0 Å². The lowest BCUT2D eigenvalue weighted by molar-refractivity contribution is -0.151. The van der Waals surface area contributed by atoms with E-state index in [-0.39, 0.29) is 24.9 Å². The molecule has 60 heavy (non-hydrogen) atoms. The first-order valence-electron chi connectivity index (χ1n) is 27.3. The Kier molecular flexibility index (Phi) is 48.0. The number of unbranched alkanes of at least 4 members (excludes halogenated alkanes) is 38. The van der Waals surface area contributed by atoms with E-state index in [0.717, 1.165) is 38.5 Å². The van der Waals surface area contributed by atoms with Gasteiger partial charge >= 0.3 is 5.97 Å². The van der Waals surface area contributed by atoms with Crippen LogP contribution in [0.2, 0.25) is 0 Å². The Hall–Kier alpha value is -1.14. The van der Waals surface area contributed by atoms with E-state index in [1.165, 1.54) is 225 Å². The Balaban J connectivity index is 4.31. The highest BCUT2D eigenvalue weighted by Crippen LogP contribution is 2.19. The molecule has 0 aromatic rings. The van der Waals surface area contributed by atoms with Gasteiger partial charge in [-0.05, 0) is 25.7 Å². The molecule has 0 radical (unpaired) electrons. The van der Waals surface area contributed by atoms with Gasteiger partial charge in [0.1, 0.15) is 6.10 Å². The van der Waals surface area contributed by atoms with Crippen LogP contribution in [0.15, 0.2) is 0 Å². The van der Waals surface area contributed by atoms with Crippen molar-refractivity contribution in [2.75, 3.05) is 6.61 Å². The van der Waals surface area contributed by atoms with Crippen molar-refractivity contribution in [1.29, 1.82) is 0 Å². The highest BCUT2D eigenvalue weighted by molar-refractivity contribution is 5.77. The van der Waals surface area contributed by atoms with Gasteiger partial charge in [-0.15, -0.1) is 0 Å². The Bertz CT molecular complexity index is 867. The second kappa shape index (κ2) is 48.9. The molecule has 0 heterocycles. The molecule has 0 aliphatic rings. The van der Waals surface area contributed by atoms with Gasteiger partial charge < -0.3 is 20.3 Å². The predicted molar refractivity (Wildman–Crippen MR) is 260 cm³/mol. The molecule has 0 saturated heterocycles. The van der Waals surface area contributed by atoms with Gasteiger partial charge in [0.25, 0.3) is 0 Å². The van der Waals surface area contributed by atoms with Crippen LogP contribution in [-0.2, 0) is 14.3 Å². The molecule has 6 heteroatoms. The third-order valence-corrected chi connectivity index (χ3v) is 12.9. The lowest BCUT2D eigenvalue weighted by atomic mass is 10.0. The number of carbonyl (C=O) groups excluding carboxylic acids is 2. The van der Waals surface area contributed by atoms with E-state index < -0.39 is 18.2 Å². The predicted octanol–water partition coefficient (Wildman–Crippen LogP) is 16.4.